The topological polar surface area (TPSA) is 44.3 Å². The highest BCUT2D eigenvalue weighted by atomic mass is 32.1. The van der Waals surface area contributed by atoms with Gasteiger partial charge in [0.2, 0.25) is 0 Å². The first kappa shape index (κ1) is 12.2. The van der Waals surface area contributed by atoms with Gasteiger partial charge >= 0.3 is 0 Å². The van der Waals surface area contributed by atoms with Crippen LogP contribution >= 0.6 is 12.2 Å². The van der Waals surface area contributed by atoms with Gasteiger partial charge in [-0.1, -0.05) is 25.3 Å². The number of thiocarbonyl (C=S) groups is 1. The van der Waals surface area contributed by atoms with Crippen LogP contribution in [0, 0.1) is 0 Å². The molecule has 0 unspecified atom stereocenters. The molecule has 1 aliphatic rings. The Labute approximate surface area is 107 Å². The maximum Gasteiger partial charge on any atom is 0.170 e. The maximum absolute atomic E-state index is 9.34. The zero-order valence-corrected chi connectivity index (χ0v) is 10.6. The number of anilines is 1. The van der Waals surface area contributed by atoms with Crippen LogP contribution in [0.1, 0.15) is 32.1 Å². The third kappa shape index (κ3) is 3.89. The summed E-state index contributed by atoms with van der Waals surface area (Å²) in [7, 11) is 0. The molecule has 0 heterocycles. The van der Waals surface area contributed by atoms with Crippen LogP contribution in [0.15, 0.2) is 24.3 Å². The number of hydrogen-bond donors (Lipinski definition) is 3. The molecule has 0 aliphatic heterocycles. The Balaban J connectivity index is 1.84. The average Bonchev–Trinajstić information content (AvgIpc) is 2.30. The summed E-state index contributed by atoms with van der Waals surface area (Å²) in [5.74, 6) is 0.246. The van der Waals surface area contributed by atoms with Gasteiger partial charge in [-0.25, -0.2) is 0 Å². The summed E-state index contributed by atoms with van der Waals surface area (Å²) in [4.78, 5) is 0. The molecule has 1 fully saturated rings. The average molecular weight is 250 g/mol. The van der Waals surface area contributed by atoms with Crippen molar-refractivity contribution in [3.05, 3.63) is 24.3 Å². The molecule has 0 bridgehead atoms. The summed E-state index contributed by atoms with van der Waals surface area (Å²) in [5, 5.41) is 16.4. The van der Waals surface area contributed by atoms with E-state index in [-0.39, 0.29) is 5.75 Å². The van der Waals surface area contributed by atoms with E-state index in [1.165, 1.54) is 32.1 Å². The van der Waals surface area contributed by atoms with Crippen LogP contribution in [-0.2, 0) is 0 Å². The molecule has 1 aromatic rings. The lowest BCUT2D eigenvalue weighted by molar-refractivity contribution is 0.415. The number of hydrogen-bond acceptors (Lipinski definition) is 2. The first-order chi connectivity index (χ1) is 8.24. The van der Waals surface area contributed by atoms with Crippen LogP contribution in [-0.4, -0.2) is 16.3 Å². The second-order valence-electron chi connectivity index (χ2n) is 4.48. The van der Waals surface area contributed by atoms with Gasteiger partial charge in [-0.2, -0.15) is 0 Å². The molecule has 0 amide bonds. The van der Waals surface area contributed by atoms with E-state index >= 15 is 0 Å². The molecule has 1 aliphatic carbocycles. The molecule has 0 saturated heterocycles. The van der Waals surface area contributed by atoms with E-state index in [1.807, 2.05) is 6.07 Å². The van der Waals surface area contributed by atoms with Gasteiger partial charge in [0.1, 0.15) is 5.75 Å². The molecule has 0 atom stereocenters. The van der Waals surface area contributed by atoms with Gasteiger partial charge in [0.25, 0.3) is 0 Å². The second-order valence-corrected chi connectivity index (χ2v) is 4.89. The minimum absolute atomic E-state index is 0.246. The van der Waals surface area contributed by atoms with Crippen molar-refractivity contribution in [1.82, 2.24) is 5.32 Å². The van der Waals surface area contributed by atoms with Crippen molar-refractivity contribution in [3.63, 3.8) is 0 Å². The van der Waals surface area contributed by atoms with Crippen molar-refractivity contribution in [2.75, 3.05) is 5.32 Å². The lowest BCUT2D eigenvalue weighted by atomic mass is 9.96. The number of rotatable bonds is 2. The number of phenolic OH excluding ortho intramolecular Hbond substituents is 1. The molecule has 17 heavy (non-hydrogen) atoms. The Morgan fingerprint density at radius 3 is 2.71 bits per heavy atom. The van der Waals surface area contributed by atoms with Crippen LogP contribution in [0.3, 0.4) is 0 Å². The molecule has 92 valence electrons. The summed E-state index contributed by atoms with van der Waals surface area (Å²) in [6.45, 7) is 0. The fourth-order valence-electron chi connectivity index (χ4n) is 2.18. The van der Waals surface area contributed by atoms with Crippen molar-refractivity contribution in [2.45, 2.75) is 38.1 Å². The van der Waals surface area contributed by atoms with Crippen LogP contribution < -0.4 is 10.6 Å². The van der Waals surface area contributed by atoms with Gasteiger partial charge in [0.15, 0.2) is 5.11 Å². The van der Waals surface area contributed by atoms with E-state index in [1.54, 1.807) is 18.2 Å². The monoisotopic (exact) mass is 250 g/mol. The largest absolute Gasteiger partial charge is 0.508 e. The summed E-state index contributed by atoms with van der Waals surface area (Å²) in [6.07, 6.45) is 6.30. The van der Waals surface area contributed by atoms with Gasteiger partial charge in [-0.05, 0) is 37.2 Å². The van der Waals surface area contributed by atoms with Crippen molar-refractivity contribution in [3.8, 4) is 5.75 Å². The zero-order valence-electron chi connectivity index (χ0n) is 9.78. The van der Waals surface area contributed by atoms with Crippen LogP contribution in [0.5, 0.6) is 5.75 Å². The second kappa shape index (κ2) is 5.87. The predicted octanol–water partition coefficient (Wildman–Crippen LogP) is 3.01. The number of aromatic hydroxyl groups is 1. The third-order valence-electron chi connectivity index (χ3n) is 3.04. The Kier molecular flexibility index (Phi) is 4.20. The fraction of sp³-hybridized carbons (Fsp3) is 0.462. The number of nitrogens with one attached hydrogen (secondary N) is 2. The first-order valence-electron chi connectivity index (χ1n) is 6.10. The molecule has 2 rings (SSSR count). The smallest absolute Gasteiger partial charge is 0.170 e. The number of benzene rings is 1. The highest BCUT2D eigenvalue weighted by Gasteiger charge is 2.13. The standard InChI is InChI=1S/C13H18N2OS/c16-12-8-4-7-11(9-12)15-13(17)14-10-5-2-1-3-6-10/h4,7-10,16H,1-3,5-6H2,(H2,14,15,17). The maximum atomic E-state index is 9.34. The SMILES string of the molecule is Oc1cccc(NC(=S)NC2CCCCC2)c1. The molecule has 0 aromatic heterocycles. The van der Waals surface area contributed by atoms with E-state index in [0.29, 0.717) is 11.2 Å². The molecular weight excluding hydrogens is 232 g/mol. The van der Waals surface area contributed by atoms with E-state index in [4.69, 9.17) is 12.2 Å². The van der Waals surface area contributed by atoms with Gasteiger partial charge < -0.3 is 15.7 Å². The van der Waals surface area contributed by atoms with E-state index in [2.05, 4.69) is 10.6 Å². The molecule has 0 spiro atoms. The highest BCUT2D eigenvalue weighted by Crippen LogP contribution is 2.18. The van der Waals surface area contributed by atoms with Crippen LogP contribution in [0.2, 0.25) is 0 Å². The van der Waals surface area contributed by atoms with E-state index < -0.39 is 0 Å². The highest BCUT2D eigenvalue weighted by molar-refractivity contribution is 7.80. The van der Waals surface area contributed by atoms with E-state index in [0.717, 1.165) is 5.69 Å². The predicted molar refractivity (Wildman–Crippen MR) is 74.3 cm³/mol. The zero-order chi connectivity index (χ0) is 12.1. The first-order valence-corrected chi connectivity index (χ1v) is 6.51. The quantitative estimate of drug-likeness (QED) is 0.706. The fourth-order valence-corrected chi connectivity index (χ4v) is 2.47. The molecular formula is C13H18N2OS. The van der Waals surface area contributed by atoms with E-state index in [9.17, 15) is 5.11 Å². The summed E-state index contributed by atoms with van der Waals surface area (Å²) >= 11 is 5.26. The third-order valence-corrected chi connectivity index (χ3v) is 3.26. The van der Waals surface area contributed by atoms with Gasteiger partial charge in [-0.3, -0.25) is 0 Å². The molecule has 1 saturated carbocycles. The Morgan fingerprint density at radius 1 is 1.24 bits per heavy atom. The molecule has 3 N–H and O–H groups in total. The van der Waals surface area contributed by atoms with Crippen molar-refractivity contribution < 1.29 is 5.11 Å². The summed E-state index contributed by atoms with van der Waals surface area (Å²) in [5.41, 5.74) is 0.818. The molecule has 4 heteroatoms. The van der Waals surface area contributed by atoms with Crippen molar-refractivity contribution in [1.29, 1.82) is 0 Å². The lowest BCUT2D eigenvalue weighted by Gasteiger charge is -2.24. The Morgan fingerprint density at radius 2 is 2.00 bits per heavy atom. The van der Waals surface area contributed by atoms with Crippen molar-refractivity contribution >= 4 is 23.0 Å². The van der Waals surface area contributed by atoms with Crippen LogP contribution in [0.4, 0.5) is 5.69 Å². The minimum atomic E-state index is 0.246. The van der Waals surface area contributed by atoms with Crippen LogP contribution in [0.25, 0.3) is 0 Å². The minimum Gasteiger partial charge on any atom is -0.508 e. The van der Waals surface area contributed by atoms with Gasteiger partial charge in [0, 0.05) is 17.8 Å². The molecule has 0 radical (unpaired) electrons. The van der Waals surface area contributed by atoms with Gasteiger partial charge in [-0.15, -0.1) is 0 Å². The normalized spacial score (nSPS) is 16.5. The summed E-state index contributed by atoms with van der Waals surface area (Å²) < 4.78 is 0. The summed E-state index contributed by atoms with van der Waals surface area (Å²) in [6, 6.07) is 7.48. The molecule has 3 nitrogen and oxygen atoms in total. The molecule has 1 aromatic carbocycles. The number of phenols is 1. The van der Waals surface area contributed by atoms with Gasteiger partial charge in [0.05, 0.1) is 0 Å². The Hall–Kier alpha value is -1.29. The Bertz CT molecular complexity index is 389. The van der Waals surface area contributed by atoms with Crippen molar-refractivity contribution in [2.24, 2.45) is 0 Å². The lowest BCUT2D eigenvalue weighted by Crippen LogP contribution is -2.38.